The number of methoxy groups -OCH3 is 1. The fraction of sp³-hybridized carbons (Fsp3) is 0.562. The molecule has 0 unspecified atom stereocenters. The highest BCUT2D eigenvalue weighted by Crippen LogP contribution is 2.46. The third-order valence-corrected chi connectivity index (χ3v) is 4.97. The predicted molar refractivity (Wildman–Crippen MR) is 73.9 cm³/mol. The SMILES string of the molecule is COC(=O)[C@@H]1[C@H]2CC[C@@H](C[C@H]1c1ccccc1)N2C. The van der Waals surface area contributed by atoms with E-state index in [0.29, 0.717) is 18.0 Å². The van der Waals surface area contributed by atoms with Gasteiger partial charge in [-0.3, -0.25) is 9.69 Å². The Bertz CT molecular complexity index is 459. The van der Waals surface area contributed by atoms with Crippen molar-refractivity contribution in [3.8, 4) is 0 Å². The van der Waals surface area contributed by atoms with Gasteiger partial charge >= 0.3 is 5.97 Å². The summed E-state index contributed by atoms with van der Waals surface area (Å²) in [6.07, 6.45) is 3.39. The molecule has 2 aliphatic rings. The Kier molecular flexibility index (Phi) is 3.31. The van der Waals surface area contributed by atoms with E-state index in [0.717, 1.165) is 12.8 Å². The molecule has 2 aliphatic heterocycles. The maximum atomic E-state index is 12.2. The van der Waals surface area contributed by atoms with Crippen LogP contribution >= 0.6 is 0 Å². The summed E-state index contributed by atoms with van der Waals surface area (Å²) < 4.78 is 5.07. The Morgan fingerprint density at radius 3 is 2.68 bits per heavy atom. The lowest BCUT2D eigenvalue weighted by atomic mass is 9.76. The quantitative estimate of drug-likeness (QED) is 0.764. The lowest BCUT2D eigenvalue weighted by Gasteiger charge is -2.41. The summed E-state index contributed by atoms with van der Waals surface area (Å²) in [7, 11) is 3.66. The van der Waals surface area contributed by atoms with Crippen LogP contribution < -0.4 is 0 Å². The molecule has 1 aromatic rings. The van der Waals surface area contributed by atoms with E-state index in [2.05, 4.69) is 36.2 Å². The first kappa shape index (κ1) is 12.7. The molecule has 0 amide bonds. The predicted octanol–water partition coefficient (Wildman–Crippen LogP) is 2.43. The lowest BCUT2D eigenvalue weighted by Crippen LogP contribution is -2.49. The highest BCUT2D eigenvalue weighted by molar-refractivity contribution is 5.75. The highest BCUT2D eigenvalue weighted by Gasteiger charge is 2.49. The van der Waals surface area contributed by atoms with Crippen LogP contribution in [0.3, 0.4) is 0 Å². The number of fused-ring (bicyclic) bond motifs is 2. The van der Waals surface area contributed by atoms with Crippen LogP contribution in [-0.4, -0.2) is 37.1 Å². The Hall–Kier alpha value is -1.35. The van der Waals surface area contributed by atoms with E-state index in [1.165, 1.54) is 19.1 Å². The summed E-state index contributed by atoms with van der Waals surface area (Å²) in [6.45, 7) is 0. The topological polar surface area (TPSA) is 29.5 Å². The number of esters is 1. The number of benzene rings is 1. The van der Waals surface area contributed by atoms with Gasteiger partial charge in [0.2, 0.25) is 0 Å². The molecule has 0 spiro atoms. The standard InChI is InChI=1S/C16H21NO2/c1-17-12-8-9-14(17)15(16(18)19-2)13(10-12)11-6-4-3-5-7-11/h3-7,12-15H,8-10H2,1-2H3/t12-,13-,14+,15-/m0/s1. The molecule has 4 atom stereocenters. The van der Waals surface area contributed by atoms with Gasteiger partial charge in [-0.25, -0.2) is 0 Å². The van der Waals surface area contributed by atoms with Gasteiger partial charge in [0.15, 0.2) is 0 Å². The normalized spacial score (nSPS) is 34.2. The van der Waals surface area contributed by atoms with Gasteiger partial charge < -0.3 is 4.74 Å². The van der Waals surface area contributed by atoms with Crippen LogP contribution in [0.5, 0.6) is 0 Å². The van der Waals surface area contributed by atoms with Crippen molar-refractivity contribution in [3.05, 3.63) is 35.9 Å². The maximum absolute atomic E-state index is 12.2. The van der Waals surface area contributed by atoms with Gasteiger partial charge in [0.05, 0.1) is 13.0 Å². The van der Waals surface area contributed by atoms with Crippen LogP contribution in [-0.2, 0) is 9.53 Å². The fourth-order valence-corrected chi connectivity index (χ4v) is 3.97. The number of nitrogens with zero attached hydrogens (tertiary/aromatic N) is 1. The monoisotopic (exact) mass is 259 g/mol. The van der Waals surface area contributed by atoms with Gasteiger partial charge in [0.25, 0.3) is 0 Å². The van der Waals surface area contributed by atoms with E-state index in [4.69, 9.17) is 4.74 Å². The second-order valence-electron chi connectivity index (χ2n) is 5.77. The molecule has 0 radical (unpaired) electrons. The highest BCUT2D eigenvalue weighted by atomic mass is 16.5. The molecular weight excluding hydrogens is 238 g/mol. The van der Waals surface area contributed by atoms with Crippen molar-refractivity contribution in [1.29, 1.82) is 0 Å². The summed E-state index contributed by atoms with van der Waals surface area (Å²) in [6, 6.07) is 11.4. The smallest absolute Gasteiger partial charge is 0.310 e. The first-order chi connectivity index (χ1) is 9.22. The molecule has 0 saturated carbocycles. The van der Waals surface area contributed by atoms with E-state index in [-0.39, 0.29) is 11.9 Å². The number of carbonyl (C=O) groups is 1. The summed E-state index contributed by atoms with van der Waals surface area (Å²) in [5, 5.41) is 0. The number of carbonyl (C=O) groups excluding carboxylic acids is 1. The zero-order valence-corrected chi connectivity index (χ0v) is 11.6. The van der Waals surface area contributed by atoms with Gasteiger partial charge in [-0.15, -0.1) is 0 Å². The Labute approximate surface area is 114 Å². The van der Waals surface area contributed by atoms with Crippen molar-refractivity contribution in [3.63, 3.8) is 0 Å². The second-order valence-corrected chi connectivity index (χ2v) is 5.77. The van der Waals surface area contributed by atoms with Gasteiger partial charge in [-0.2, -0.15) is 0 Å². The molecule has 2 saturated heterocycles. The maximum Gasteiger partial charge on any atom is 0.310 e. The zero-order chi connectivity index (χ0) is 13.4. The van der Waals surface area contributed by atoms with E-state index in [1.807, 2.05) is 6.07 Å². The molecule has 3 nitrogen and oxygen atoms in total. The second kappa shape index (κ2) is 4.97. The Morgan fingerprint density at radius 1 is 1.26 bits per heavy atom. The summed E-state index contributed by atoms with van der Waals surface area (Å²) in [5.41, 5.74) is 1.28. The van der Waals surface area contributed by atoms with Crippen LogP contribution in [0, 0.1) is 5.92 Å². The lowest BCUT2D eigenvalue weighted by molar-refractivity contribution is -0.150. The molecule has 3 heteroatoms. The van der Waals surface area contributed by atoms with Crippen molar-refractivity contribution in [2.45, 2.75) is 37.3 Å². The molecule has 2 fully saturated rings. The fourth-order valence-electron chi connectivity index (χ4n) is 3.97. The number of ether oxygens (including phenoxy) is 1. The average molecular weight is 259 g/mol. The number of rotatable bonds is 2. The molecular formula is C16H21NO2. The van der Waals surface area contributed by atoms with Crippen molar-refractivity contribution in [1.82, 2.24) is 4.90 Å². The van der Waals surface area contributed by atoms with Crippen LogP contribution in [0.4, 0.5) is 0 Å². The number of hydrogen-bond donors (Lipinski definition) is 0. The minimum Gasteiger partial charge on any atom is -0.469 e. The zero-order valence-electron chi connectivity index (χ0n) is 11.6. The Morgan fingerprint density at radius 2 is 2.00 bits per heavy atom. The molecule has 0 aliphatic carbocycles. The largest absolute Gasteiger partial charge is 0.469 e. The van der Waals surface area contributed by atoms with Crippen molar-refractivity contribution in [2.75, 3.05) is 14.2 Å². The average Bonchev–Trinajstić information content (AvgIpc) is 2.70. The van der Waals surface area contributed by atoms with Crippen LogP contribution in [0.15, 0.2) is 30.3 Å². The summed E-state index contributed by atoms with van der Waals surface area (Å²) >= 11 is 0. The molecule has 2 heterocycles. The van der Waals surface area contributed by atoms with Gasteiger partial charge in [0, 0.05) is 18.0 Å². The molecule has 1 aromatic carbocycles. The molecule has 0 N–H and O–H groups in total. The van der Waals surface area contributed by atoms with Crippen molar-refractivity contribution >= 4 is 5.97 Å². The molecule has 3 rings (SSSR count). The Balaban J connectivity index is 1.96. The summed E-state index contributed by atoms with van der Waals surface area (Å²) in [4.78, 5) is 14.6. The molecule has 2 bridgehead atoms. The van der Waals surface area contributed by atoms with Gasteiger partial charge in [0.1, 0.15) is 0 Å². The van der Waals surface area contributed by atoms with Crippen molar-refractivity contribution in [2.24, 2.45) is 5.92 Å². The van der Waals surface area contributed by atoms with Crippen LogP contribution in [0.2, 0.25) is 0 Å². The van der Waals surface area contributed by atoms with E-state index in [1.54, 1.807) is 0 Å². The number of hydrogen-bond acceptors (Lipinski definition) is 3. The minimum absolute atomic E-state index is 0.0175. The van der Waals surface area contributed by atoms with E-state index in [9.17, 15) is 4.79 Å². The molecule has 0 aromatic heterocycles. The van der Waals surface area contributed by atoms with E-state index >= 15 is 0 Å². The van der Waals surface area contributed by atoms with Gasteiger partial charge in [-0.1, -0.05) is 30.3 Å². The number of piperidine rings is 1. The van der Waals surface area contributed by atoms with Crippen molar-refractivity contribution < 1.29 is 9.53 Å². The van der Waals surface area contributed by atoms with Crippen LogP contribution in [0.25, 0.3) is 0 Å². The first-order valence-electron chi connectivity index (χ1n) is 7.07. The molecule has 19 heavy (non-hydrogen) atoms. The summed E-state index contributed by atoms with van der Waals surface area (Å²) in [5.74, 6) is 0.240. The molecule has 102 valence electrons. The van der Waals surface area contributed by atoms with Gasteiger partial charge in [-0.05, 0) is 31.9 Å². The third-order valence-electron chi connectivity index (χ3n) is 4.97. The third kappa shape index (κ3) is 2.06. The van der Waals surface area contributed by atoms with E-state index < -0.39 is 0 Å². The minimum atomic E-state index is -0.0500. The van der Waals surface area contributed by atoms with Crippen LogP contribution in [0.1, 0.15) is 30.7 Å². The first-order valence-corrected chi connectivity index (χ1v) is 7.07.